The van der Waals surface area contributed by atoms with Gasteiger partial charge in [0.1, 0.15) is 11.7 Å². The molecule has 118 valence electrons. The number of amides is 2. The van der Waals surface area contributed by atoms with E-state index >= 15 is 0 Å². The van der Waals surface area contributed by atoms with Crippen LogP contribution >= 0.6 is 0 Å². The third-order valence-electron chi connectivity index (χ3n) is 4.84. The first-order chi connectivity index (χ1) is 10.7. The number of carbonyl (C=O) groups is 2. The van der Waals surface area contributed by atoms with Gasteiger partial charge in [0.2, 0.25) is 5.76 Å². The Morgan fingerprint density at radius 1 is 1.23 bits per heavy atom. The summed E-state index contributed by atoms with van der Waals surface area (Å²) >= 11 is 0. The van der Waals surface area contributed by atoms with Gasteiger partial charge in [-0.15, -0.1) is 0 Å². The van der Waals surface area contributed by atoms with Gasteiger partial charge in [-0.25, -0.2) is 0 Å². The summed E-state index contributed by atoms with van der Waals surface area (Å²) in [6.45, 7) is 2.75. The van der Waals surface area contributed by atoms with E-state index in [-0.39, 0.29) is 29.3 Å². The van der Waals surface area contributed by atoms with E-state index in [2.05, 4.69) is 5.16 Å². The third kappa shape index (κ3) is 2.20. The van der Waals surface area contributed by atoms with Gasteiger partial charge in [-0.2, -0.15) is 0 Å². The van der Waals surface area contributed by atoms with Crippen LogP contribution in [0.25, 0.3) is 0 Å². The van der Waals surface area contributed by atoms with Crippen LogP contribution < -0.4 is 0 Å². The standard InChI is InChI=1S/C15H19N3O4/c19-13(17-7-1-2-8-17)11-3-5-15(21-11)9-18(10-15)14(20)12-4-6-16-22-12/h4,6,11H,1-3,5,7-10H2/t11-/m0/s1. The molecule has 4 heterocycles. The van der Waals surface area contributed by atoms with Crippen molar-refractivity contribution in [3.05, 3.63) is 18.0 Å². The number of ether oxygens (including phenoxy) is 1. The van der Waals surface area contributed by atoms with Crippen molar-refractivity contribution in [2.24, 2.45) is 0 Å². The molecule has 7 nitrogen and oxygen atoms in total. The van der Waals surface area contributed by atoms with Crippen molar-refractivity contribution in [1.82, 2.24) is 15.0 Å². The molecule has 0 saturated carbocycles. The van der Waals surface area contributed by atoms with Crippen molar-refractivity contribution in [2.75, 3.05) is 26.2 Å². The number of nitrogens with zero attached hydrogens (tertiary/aromatic N) is 3. The minimum atomic E-state index is -0.338. The molecule has 1 aromatic rings. The van der Waals surface area contributed by atoms with E-state index in [1.807, 2.05) is 4.90 Å². The maximum Gasteiger partial charge on any atom is 0.292 e. The Morgan fingerprint density at radius 3 is 2.68 bits per heavy atom. The summed E-state index contributed by atoms with van der Waals surface area (Å²) in [5.41, 5.74) is -0.338. The van der Waals surface area contributed by atoms with Crippen LogP contribution in [0.15, 0.2) is 16.8 Å². The predicted molar refractivity (Wildman–Crippen MR) is 75.1 cm³/mol. The molecule has 3 aliphatic rings. The minimum absolute atomic E-state index is 0.120. The Kier molecular flexibility index (Phi) is 3.18. The van der Waals surface area contributed by atoms with Gasteiger partial charge in [0.15, 0.2) is 0 Å². The molecular formula is C15H19N3O4. The van der Waals surface area contributed by atoms with Crippen LogP contribution in [0.2, 0.25) is 0 Å². The van der Waals surface area contributed by atoms with Gasteiger partial charge in [-0.05, 0) is 25.7 Å². The van der Waals surface area contributed by atoms with Crippen molar-refractivity contribution in [1.29, 1.82) is 0 Å². The van der Waals surface area contributed by atoms with Crippen molar-refractivity contribution in [3.63, 3.8) is 0 Å². The van der Waals surface area contributed by atoms with E-state index in [9.17, 15) is 9.59 Å². The molecule has 3 saturated heterocycles. The van der Waals surface area contributed by atoms with E-state index in [0.717, 1.165) is 38.8 Å². The Bertz CT molecular complexity index is 574. The normalized spacial score (nSPS) is 26.5. The van der Waals surface area contributed by atoms with E-state index in [4.69, 9.17) is 9.26 Å². The van der Waals surface area contributed by atoms with Crippen molar-refractivity contribution in [2.45, 2.75) is 37.4 Å². The molecule has 0 aromatic carbocycles. The highest BCUT2D eigenvalue weighted by atomic mass is 16.5. The van der Waals surface area contributed by atoms with Gasteiger partial charge < -0.3 is 19.1 Å². The Morgan fingerprint density at radius 2 is 2.00 bits per heavy atom. The zero-order valence-corrected chi connectivity index (χ0v) is 12.4. The Labute approximate surface area is 128 Å². The number of hydrogen-bond acceptors (Lipinski definition) is 5. The van der Waals surface area contributed by atoms with Gasteiger partial charge >= 0.3 is 0 Å². The van der Waals surface area contributed by atoms with Crippen molar-refractivity contribution >= 4 is 11.8 Å². The lowest BCUT2D eigenvalue weighted by molar-refractivity contribution is -0.158. The average molecular weight is 305 g/mol. The first-order valence-electron chi connectivity index (χ1n) is 7.83. The van der Waals surface area contributed by atoms with Crippen molar-refractivity contribution < 1.29 is 18.8 Å². The van der Waals surface area contributed by atoms with Gasteiger partial charge in [0, 0.05) is 19.2 Å². The second-order valence-electron chi connectivity index (χ2n) is 6.40. The molecule has 0 unspecified atom stereocenters. The molecule has 22 heavy (non-hydrogen) atoms. The molecule has 0 radical (unpaired) electrons. The van der Waals surface area contributed by atoms with Crippen LogP contribution in [0.4, 0.5) is 0 Å². The van der Waals surface area contributed by atoms with E-state index in [1.165, 1.54) is 6.20 Å². The largest absolute Gasteiger partial charge is 0.358 e. The summed E-state index contributed by atoms with van der Waals surface area (Å²) < 4.78 is 10.9. The molecule has 0 aliphatic carbocycles. The number of hydrogen-bond donors (Lipinski definition) is 0. The summed E-state index contributed by atoms with van der Waals surface area (Å²) in [7, 11) is 0. The second-order valence-corrected chi connectivity index (χ2v) is 6.40. The number of likely N-dealkylation sites (tertiary alicyclic amines) is 2. The highest BCUT2D eigenvalue weighted by molar-refractivity contribution is 5.92. The highest BCUT2D eigenvalue weighted by Gasteiger charge is 2.53. The summed E-state index contributed by atoms with van der Waals surface area (Å²) in [4.78, 5) is 28.1. The first-order valence-corrected chi connectivity index (χ1v) is 7.83. The Balaban J connectivity index is 1.34. The molecule has 4 rings (SSSR count). The predicted octanol–water partition coefficient (Wildman–Crippen LogP) is 0.671. The topological polar surface area (TPSA) is 75.9 Å². The zero-order chi connectivity index (χ0) is 15.2. The van der Waals surface area contributed by atoms with Crippen molar-refractivity contribution in [3.8, 4) is 0 Å². The molecule has 0 bridgehead atoms. The lowest BCUT2D eigenvalue weighted by Gasteiger charge is -2.46. The number of aromatic nitrogens is 1. The van der Waals surface area contributed by atoms with Crippen LogP contribution in [0.1, 0.15) is 36.2 Å². The van der Waals surface area contributed by atoms with E-state index in [1.54, 1.807) is 11.0 Å². The smallest absolute Gasteiger partial charge is 0.292 e. The third-order valence-corrected chi connectivity index (χ3v) is 4.84. The van der Waals surface area contributed by atoms with Crippen LogP contribution in [0.5, 0.6) is 0 Å². The fraction of sp³-hybridized carbons (Fsp3) is 0.667. The maximum atomic E-state index is 12.4. The molecule has 2 amide bonds. The van der Waals surface area contributed by atoms with Crippen LogP contribution in [0, 0.1) is 0 Å². The molecule has 0 N–H and O–H groups in total. The Hall–Kier alpha value is -1.89. The van der Waals surface area contributed by atoms with Gasteiger partial charge in [0.25, 0.3) is 11.8 Å². The summed E-state index contributed by atoms with van der Waals surface area (Å²) in [5, 5.41) is 3.55. The van der Waals surface area contributed by atoms with Crippen LogP contribution in [-0.4, -0.2) is 64.7 Å². The van der Waals surface area contributed by atoms with Crippen LogP contribution in [0.3, 0.4) is 0 Å². The summed E-state index contributed by atoms with van der Waals surface area (Å²) in [5.74, 6) is 0.202. The zero-order valence-electron chi connectivity index (χ0n) is 12.4. The SMILES string of the molecule is O=C(c1ccno1)N1CC2(CC[C@@H](C(=O)N3CCCC3)O2)C1. The molecule has 1 spiro atoms. The van der Waals surface area contributed by atoms with E-state index in [0.29, 0.717) is 13.1 Å². The van der Waals surface area contributed by atoms with E-state index < -0.39 is 0 Å². The molecule has 3 aliphatic heterocycles. The molecule has 1 atom stereocenters. The molecule has 3 fully saturated rings. The lowest BCUT2D eigenvalue weighted by atomic mass is 9.90. The van der Waals surface area contributed by atoms with Gasteiger partial charge in [0.05, 0.1) is 19.3 Å². The van der Waals surface area contributed by atoms with Gasteiger partial charge in [-0.1, -0.05) is 5.16 Å². The fourth-order valence-electron chi connectivity index (χ4n) is 3.64. The van der Waals surface area contributed by atoms with Gasteiger partial charge in [-0.3, -0.25) is 9.59 Å². The highest BCUT2D eigenvalue weighted by Crippen LogP contribution is 2.39. The summed E-state index contributed by atoms with van der Waals surface area (Å²) in [6, 6.07) is 1.56. The average Bonchev–Trinajstić information content (AvgIpc) is 3.24. The first kappa shape index (κ1) is 13.8. The van der Waals surface area contributed by atoms with Crippen LogP contribution in [-0.2, 0) is 9.53 Å². The summed E-state index contributed by atoms with van der Waals surface area (Å²) in [6.07, 6.45) is 4.88. The molecule has 7 heteroatoms. The fourth-order valence-corrected chi connectivity index (χ4v) is 3.64. The molecule has 1 aromatic heterocycles. The lowest BCUT2D eigenvalue weighted by Crippen LogP contribution is -2.63. The quantitative estimate of drug-likeness (QED) is 0.803. The maximum absolute atomic E-state index is 12.4. The number of carbonyl (C=O) groups excluding carboxylic acids is 2. The monoisotopic (exact) mass is 305 g/mol. The minimum Gasteiger partial charge on any atom is -0.358 e. The molecular weight excluding hydrogens is 286 g/mol. The second kappa shape index (κ2) is 5.08. The number of rotatable bonds is 2.